The van der Waals surface area contributed by atoms with E-state index in [2.05, 4.69) is 5.32 Å². The van der Waals surface area contributed by atoms with Gasteiger partial charge in [-0.15, -0.1) is 0 Å². The molecule has 0 spiro atoms. The molecule has 19 heavy (non-hydrogen) atoms. The molecular formula is C14H21NO3S. The number of methoxy groups -OCH3 is 1. The number of rotatable bonds is 3. The van der Waals surface area contributed by atoms with Gasteiger partial charge < -0.3 is 10.1 Å². The fraction of sp³-hybridized carbons (Fsp3) is 0.571. The molecule has 0 bridgehead atoms. The van der Waals surface area contributed by atoms with Crippen molar-refractivity contribution in [2.45, 2.75) is 37.0 Å². The van der Waals surface area contributed by atoms with Gasteiger partial charge in [0.1, 0.15) is 10.6 Å². The third-order valence-electron chi connectivity index (χ3n) is 4.03. The topological polar surface area (TPSA) is 55.4 Å². The summed E-state index contributed by atoms with van der Waals surface area (Å²) in [5.41, 5.74) is 0.826. The molecule has 0 fully saturated rings. The van der Waals surface area contributed by atoms with E-state index < -0.39 is 15.1 Å². The third-order valence-corrected chi connectivity index (χ3v) is 6.44. The van der Waals surface area contributed by atoms with Crippen molar-refractivity contribution in [3.8, 4) is 5.75 Å². The molecule has 3 unspecified atom stereocenters. The van der Waals surface area contributed by atoms with Gasteiger partial charge in [0.05, 0.1) is 12.4 Å². The summed E-state index contributed by atoms with van der Waals surface area (Å²) in [6.45, 7) is 6.59. The Hall–Kier alpha value is -1.07. The van der Waals surface area contributed by atoms with E-state index in [0.717, 1.165) is 12.1 Å². The van der Waals surface area contributed by atoms with Crippen molar-refractivity contribution in [1.82, 2.24) is 5.32 Å². The van der Waals surface area contributed by atoms with Gasteiger partial charge in [0.15, 0.2) is 9.84 Å². The summed E-state index contributed by atoms with van der Waals surface area (Å²) < 4.78 is 30.5. The van der Waals surface area contributed by atoms with E-state index in [-0.39, 0.29) is 12.0 Å². The van der Waals surface area contributed by atoms with E-state index in [1.54, 1.807) is 13.0 Å². The van der Waals surface area contributed by atoms with E-state index >= 15 is 0 Å². The molecule has 4 nitrogen and oxygen atoms in total. The van der Waals surface area contributed by atoms with Gasteiger partial charge in [-0.3, -0.25) is 0 Å². The highest BCUT2D eigenvalue weighted by molar-refractivity contribution is 7.92. The lowest BCUT2D eigenvalue weighted by atomic mass is 9.91. The molecule has 3 atom stereocenters. The Bertz CT molecular complexity index is 568. The zero-order chi connectivity index (χ0) is 14.2. The smallest absolute Gasteiger partial charge is 0.185 e. The SMILES string of the molecule is CCNC1c2cccc(OC)c2S(=O)(=O)C(C)C1C. The van der Waals surface area contributed by atoms with Crippen molar-refractivity contribution in [3.05, 3.63) is 23.8 Å². The number of hydrogen-bond acceptors (Lipinski definition) is 4. The van der Waals surface area contributed by atoms with Crippen LogP contribution in [-0.2, 0) is 9.84 Å². The first kappa shape index (κ1) is 14.3. The molecule has 106 valence electrons. The van der Waals surface area contributed by atoms with Gasteiger partial charge in [0.25, 0.3) is 0 Å². The van der Waals surface area contributed by atoms with Crippen LogP contribution in [0.4, 0.5) is 0 Å². The Morgan fingerprint density at radius 3 is 2.58 bits per heavy atom. The summed E-state index contributed by atoms with van der Waals surface area (Å²) in [5.74, 6) is 0.476. The van der Waals surface area contributed by atoms with Gasteiger partial charge >= 0.3 is 0 Å². The summed E-state index contributed by atoms with van der Waals surface area (Å²) in [5, 5.41) is 2.97. The molecule has 0 aliphatic carbocycles. The van der Waals surface area contributed by atoms with Crippen LogP contribution in [0.2, 0.25) is 0 Å². The molecule has 0 radical (unpaired) electrons. The Kier molecular flexibility index (Phi) is 3.87. The van der Waals surface area contributed by atoms with Crippen molar-refractivity contribution in [2.75, 3.05) is 13.7 Å². The minimum Gasteiger partial charge on any atom is -0.495 e. The Labute approximate surface area is 115 Å². The van der Waals surface area contributed by atoms with Crippen LogP contribution in [0.5, 0.6) is 5.75 Å². The van der Waals surface area contributed by atoms with E-state index in [1.165, 1.54) is 7.11 Å². The van der Waals surface area contributed by atoms with Gasteiger partial charge in [0, 0.05) is 6.04 Å². The first-order valence-corrected chi connectivity index (χ1v) is 8.14. The molecule has 0 amide bonds. The van der Waals surface area contributed by atoms with Crippen molar-refractivity contribution >= 4 is 9.84 Å². The van der Waals surface area contributed by atoms with E-state index in [0.29, 0.717) is 10.6 Å². The van der Waals surface area contributed by atoms with Crippen LogP contribution in [0.15, 0.2) is 23.1 Å². The van der Waals surface area contributed by atoms with Gasteiger partial charge in [-0.2, -0.15) is 0 Å². The maximum absolute atomic E-state index is 12.6. The maximum atomic E-state index is 12.6. The second-order valence-corrected chi connectivity index (χ2v) is 7.27. The van der Waals surface area contributed by atoms with Crippen LogP contribution >= 0.6 is 0 Å². The van der Waals surface area contributed by atoms with Gasteiger partial charge in [-0.05, 0) is 31.0 Å². The minimum absolute atomic E-state index is 0.0320. The van der Waals surface area contributed by atoms with E-state index in [9.17, 15) is 8.42 Å². The van der Waals surface area contributed by atoms with Crippen LogP contribution in [0.25, 0.3) is 0 Å². The number of ether oxygens (including phenoxy) is 1. The van der Waals surface area contributed by atoms with Gasteiger partial charge in [-0.1, -0.05) is 26.0 Å². The second-order valence-electron chi connectivity index (χ2n) is 5.02. The summed E-state index contributed by atoms with van der Waals surface area (Å²) in [7, 11) is -1.82. The average Bonchev–Trinajstić information content (AvgIpc) is 2.40. The number of hydrogen-bond donors (Lipinski definition) is 1. The minimum atomic E-state index is -3.33. The number of benzene rings is 1. The summed E-state index contributed by atoms with van der Waals surface area (Å²) in [4.78, 5) is 0.356. The Morgan fingerprint density at radius 2 is 2.00 bits per heavy atom. The zero-order valence-corrected chi connectivity index (χ0v) is 12.6. The van der Waals surface area contributed by atoms with Crippen LogP contribution in [0.1, 0.15) is 32.4 Å². The molecule has 1 N–H and O–H groups in total. The van der Waals surface area contributed by atoms with Crippen LogP contribution in [0.3, 0.4) is 0 Å². The van der Waals surface area contributed by atoms with Gasteiger partial charge in [0.2, 0.25) is 0 Å². The molecule has 0 saturated carbocycles. The van der Waals surface area contributed by atoms with Crippen molar-refractivity contribution < 1.29 is 13.2 Å². The predicted octanol–water partition coefficient (Wildman–Crippen LogP) is 2.16. The van der Waals surface area contributed by atoms with Crippen molar-refractivity contribution in [1.29, 1.82) is 0 Å². The van der Waals surface area contributed by atoms with Crippen LogP contribution < -0.4 is 10.1 Å². The second kappa shape index (κ2) is 5.13. The highest BCUT2D eigenvalue weighted by Crippen LogP contribution is 2.43. The predicted molar refractivity (Wildman–Crippen MR) is 75.2 cm³/mol. The number of nitrogens with one attached hydrogen (secondary N) is 1. The van der Waals surface area contributed by atoms with Gasteiger partial charge in [-0.25, -0.2) is 8.42 Å². The van der Waals surface area contributed by atoms with Crippen LogP contribution in [0, 0.1) is 5.92 Å². The maximum Gasteiger partial charge on any atom is 0.185 e. The normalized spacial score (nSPS) is 28.7. The lowest BCUT2D eigenvalue weighted by Crippen LogP contribution is -2.41. The molecule has 2 rings (SSSR count). The molecule has 0 saturated heterocycles. The fourth-order valence-electron chi connectivity index (χ4n) is 2.78. The first-order chi connectivity index (χ1) is 8.95. The lowest BCUT2D eigenvalue weighted by molar-refractivity contribution is 0.350. The number of fused-ring (bicyclic) bond motifs is 1. The van der Waals surface area contributed by atoms with Crippen molar-refractivity contribution in [2.24, 2.45) is 5.92 Å². The molecule has 5 heteroatoms. The van der Waals surface area contributed by atoms with E-state index in [4.69, 9.17) is 4.74 Å². The third kappa shape index (κ3) is 2.15. The Balaban J connectivity index is 2.71. The Morgan fingerprint density at radius 1 is 1.32 bits per heavy atom. The molecule has 1 aromatic carbocycles. The standard InChI is InChI=1S/C14H21NO3S/c1-5-15-13-9(2)10(3)19(16,17)14-11(13)7-6-8-12(14)18-4/h6-10,13,15H,5H2,1-4H3. The monoisotopic (exact) mass is 283 g/mol. The highest BCUT2D eigenvalue weighted by Gasteiger charge is 2.43. The summed E-state index contributed by atoms with van der Waals surface area (Å²) in [6, 6.07) is 5.49. The van der Waals surface area contributed by atoms with Crippen molar-refractivity contribution in [3.63, 3.8) is 0 Å². The fourth-order valence-corrected chi connectivity index (χ4v) is 4.83. The largest absolute Gasteiger partial charge is 0.495 e. The van der Waals surface area contributed by atoms with E-state index in [1.807, 2.05) is 26.0 Å². The molecule has 1 aromatic rings. The molecule has 1 aliphatic rings. The number of sulfone groups is 1. The molecule has 1 aliphatic heterocycles. The highest BCUT2D eigenvalue weighted by atomic mass is 32.2. The summed E-state index contributed by atoms with van der Waals surface area (Å²) in [6.07, 6.45) is 0. The quantitative estimate of drug-likeness (QED) is 0.923. The van der Waals surface area contributed by atoms with Crippen LogP contribution in [-0.4, -0.2) is 27.3 Å². The molecule has 1 heterocycles. The zero-order valence-electron chi connectivity index (χ0n) is 11.8. The average molecular weight is 283 g/mol. The first-order valence-electron chi connectivity index (χ1n) is 6.59. The summed E-state index contributed by atoms with van der Waals surface area (Å²) >= 11 is 0. The lowest BCUT2D eigenvalue weighted by Gasteiger charge is -2.36. The molecule has 0 aromatic heterocycles. The molecular weight excluding hydrogens is 262 g/mol.